The van der Waals surface area contributed by atoms with Crippen molar-refractivity contribution in [3.63, 3.8) is 0 Å². The number of halogens is 1. The van der Waals surface area contributed by atoms with Crippen LogP contribution in [-0.2, 0) is 4.79 Å². The smallest absolute Gasteiger partial charge is 0.270 e. The van der Waals surface area contributed by atoms with Crippen LogP contribution in [0.3, 0.4) is 0 Å². The number of phenols is 1. The van der Waals surface area contributed by atoms with Crippen LogP contribution >= 0.6 is 39.9 Å². The summed E-state index contributed by atoms with van der Waals surface area (Å²) in [4.78, 5) is 14.8. The van der Waals surface area contributed by atoms with Gasteiger partial charge < -0.3 is 9.84 Å². The Bertz CT molecular complexity index is 882. The van der Waals surface area contributed by atoms with E-state index in [0.717, 1.165) is 10.0 Å². The Hall–Kier alpha value is -1.83. The van der Waals surface area contributed by atoms with Crippen molar-refractivity contribution in [2.24, 2.45) is 0 Å². The second-order valence-electron chi connectivity index (χ2n) is 5.13. The van der Waals surface area contributed by atoms with E-state index >= 15 is 0 Å². The van der Waals surface area contributed by atoms with E-state index in [0.29, 0.717) is 27.3 Å². The average Bonchev–Trinajstić information content (AvgIpc) is 2.85. The van der Waals surface area contributed by atoms with E-state index in [4.69, 9.17) is 17.0 Å². The molecule has 3 rings (SSSR count). The highest BCUT2D eigenvalue weighted by molar-refractivity contribution is 9.10. The highest BCUT2D eigenvalue weighted by Gasteiger charge is 2.34. The van der Waals surface area contributed by atoms with Crippen molar-refractivity contribution in [3.05, 3.63) is 57.4 Å². The van der Waals surface area contributed by atoms with Crippen molar-refractivity contribution in [1.29, 1.82) is 0 Å². The minimum Gasteiger partial charge on any atom is -0.504 e. The van der Waals surface area contributed by atoms with Crippen LogP contribution in [-0.4, -0.2) is 21.9 Å². The summed E-state index contributed by atoms with van der Waals surface area (Å²) in [6, 6.07) is 12.4. The van der Waals surface area contributed by atoms with Crippen LogP contribution in [0.15, 0.2) is 51.8 Å². The molecule has 4 nitrogen and oxygen atoms in total. The van der Waals surface area contributed by atoms with Gasteiger partial charge in [0, 0.05) is 4.47 Å². The number of amides is 1. The molecule has 0 bridgehead atoms. The summed E-state index contributed by atoms with van der Waals surface area (Å²) < 4.78 is 6.66. The quantitative estimate of drug-likeness (QED) is 0.543. The fraction of sp³-hybridized carbons (Fsp3) is 0.111. The number of benzene rings is 2. The molecule has 0 unspecified atom stereocenters. The zero-order valence-electron chi connectivity index (χ0n) is 13.2. The van der Waals surface area contributed by atoms with Gasteiger partial charge in [0.2, 0.25) is 0 Å². The molecule has 25 heavy (non-hydrogen) atoms. The monoisotopic (exact) mass is 435 g/mol. The van der Waals surface area contributed by atoms with Crippen LogP contribution in [0.5, 0.6) is 11.5 Å². The number of anilines is 1. The Morgan fingerprint density at radius 1 is 1.32 bits per heavy atom. The van der Waals surface area contributed by atoms with E-state index in [1.807, 2.05) is 31.2 Å². The van der Waals surface area contributed by atoms with E-state index < -0.39 is 0 Å². The van der Waals surface area contributed by atoms with E-state index in [-0.39, 0.29) is 11.7 Å². The Kier molecular flexibility index (Phi) is 5.46. The van der Waals surface area contributed by atoms with Gasteiger partial charge >= 0.3 is 0 Å². The van der Waals surface area contributed by atoms with Gasteiger partial charge in [-0.05, 0) is 58.8 Å². The molecule has 0 atom stereocenters. The number of hydrogen-bond acceptors (Lipinski definition) is 5. The number of para-hydroxylation sites is 1. The highest BCUT2D eigenvalue weighted by Crippen LogP contribution is 2.39. The van der Waals surface area contributed by atoms with Gasteiger partial charge in [-0.25, -0.2) is 0 Å². The molecule has 0 radical (unpaired) electrons. The van der Waals surface area contributed by atoms with Crippen molar-refractivity contribution in [2.45, 2.75) is 6.92 Å². The van der Waals surface area contributed by atoms with Crippen molar-refractivity contribution >= 4 is 61.9 Å². The van der Waals surface area contributed by atoms with Crippen LogP contribution in [0.4, 0.5) is 5.69 Å². The standard InChI is InChI=1S/C18H14BrNO3S2/c1-2-23-15-9-11(7-8-14(15)21)10-16-17(22)20(18(24)25-16)13-6-4-3-5-12(13)19/h3-10,21H,2H2,1H3. The molecule has 1 aliphatic rings. The molecule has 1 amide bonds. The number of rotatable bonds is 4. The number of aromatic hydroxyl groups is 1. The lowest BCUT2D eigenvalue weighted by atomic mass is 10.2. The van der Waals surface area contributed by atoms with Gasteiger partial charge in [-0.2, -0.15) is 0 Å². The Balaban J connectivity index is 1.93. The van der Waals surface area contributed by atoms with Crippen LogP contribution in [0, 0.1) is 0 Å². The van der Waals surface area contributed by atoms with Gasteiger partial charge in [-0.1, -0.05) is 42.2 Å². The number of carbonyl (C=O) groups is 1. The lowest BCUT2D eigenvalue weighted by Gasteiger charge is -2.15. The van der Waals surface area contributed by atoms with Gasteiger partial charge in [-0.3, -0.25) is 9.69 Å². The first-order valence-corrected chi connectivity index (χ1v) is 9.51. The summed E-state index contributed by atoms with van der Waals surface area (Å²) in [6.07, 6.45) is 1.75. The van der Waals surface area contributed by atoms with Gasteiger partial charge in [0.1, 0.15) is 0 Å². The van der Waals surface area contributed by atoms with Crippen molar-refractivity contribution < 1.29 is 14.6 Å². The van der Waals surface area contributed by atoms with Gasteiger partial charge in [-0.15, -0.1) is 0 Å². The minimum atomic E-state index is -0.173. The topological polar surface area (TPSA) is 49.8 Å². The largest absolute Gasteiger partial charge is 0.504 e. The van der Waals surface area contributed by atoms with Crippen LogP contribution in [0.25, 0.3) is 6.08 Å². The number of hydrogen-bond donors (Lipinski definition) is 1. The summed E-state index contributed by atoms with van der Waals surface area (Å²) in [5, 5.41) is 9.79. The molecule has 128 valence electrons. The molecular weight excluding hydrogens is 422 g/mol. The second-order valence-corrected chi connectivity index (χ2v) is 7.66. The third kappa shape index (κ3) is 3.73. The zero-order valence-corrected chi connectivity index (χ0v) is 16.5. The normalized spacial score (nSPS) is 15.9. The maximum atomic E-state index is 12.8. The molecule has 0 aromatic heterocycles. The van der Waals surface area contributed by atoms with Crippen LogP contribution < -0.4 is 9.64 Å². The lowest BCUT2D eigenvalue weighted by Crippen LogP contribution is -2.27. The summed E-state index contributed by atoms with van der Waals surface area (Å²) in [5.41, 5.74) is 1.47. The van der Waals surface area contributed by atoms with Crippen molar-refractivity contribution in [1.82, 2.24) is 0 Å². The number of carbonyl (C=O) groups excluding carboxylic acids is 1. The molecule has 1 heterocycles. The Labute approximate surface area is 163 Å². The molecule has 1 aliphatic heterocycles. The summed E-state index contributed by atoms with van der Waals surface area (Å²) in [7, 11) is 0. The predicted molar refractivity (Wildman–Crippen MR) is 109 cm³/mol. The molecule has 0 spiro atoms. The SMILES string of the molecule is CCOc1cc(C=C2SC(=S)N(c3ccccc3Br)C2=O)ccc1O. The molecule has 2 aromatic rings. The lowest BCUT2D eigenvalue weighted by molar-refractivity contribution is -0.113. The Morgan fingerprint density at radius 2 is 2.08 bits per heavy atom. The maximum absolute atomic E-state index is 12.8. The minimum absolute atomic E-state index is 0.0692. The van der Waals surface area contributed by atoms with E-state index in [1.165, 1.54) is 16.7 Å². The zero-order chi connectivity index (χ0) is 18.0. The summed E-state index contributed by atoms with van der Waals surface area (Å²) >= 11 is 10.1. The molecular formula is C18H14BrNO3S2. The van der Waals surface area contributed by atoms with E-state index in [9.17, 15) is 9.90 Å². The number of ether oxygens (including phenoxy) is 1. The molecule has 2 aromatic carbocycles. The first kappa shape index (κ1) is 18.0. The molecule has 0 aliphatic carbocycles. The third-order valence-electron chi connectivity index (χ3n) is 3.47. The summed E-state index contributed by atoms with van der Waals surface area (Å²) in [6.45, 7) is 2.29. The predicted octanol–water partition coefficient (Wildman–Crippen LogP) is 4.96. The number of thiocarbonyl (C=S) groups is 1. The van der Waals surface area contributed by atoms with Crippen molar-refractivity contribution in [2.75, 3.05) is 11.5 Å². The fourth-order valence-corrected chi connectivity index (χ4v) is 4.10. The third-order valence-corrected chi connectivity index (χ3v) is 5.44. The van der Waals surface area contributed by atoms with Crippen molar-refractivity contribution in [3.8, 4) is 11.5 Å². The maximum Gasteiger partial charge on any atom is 0.270 e. The first-order chi connectivity index (χ1) is 12.0. The molecule has 1 saturated heterocycles. The van der Waals surface area contributed by atoms with E-state index in [1.54, 1.807) is 24.3 Å². The average molecular weight is 436 g/mol. The summed E-state index contributed by atoms with van der Waals surface area (Å²) in [5.74, 6) is 0.283. The molecule has 1 N–H and O–H groups in total. The van der Waals surface area contributed by atoms with E-state index in [2.05, 4.69) is 15.9 Å². The molecule has 1 fully saturated rings. The second kappa shape index (κ2) is 7.59. The number of phenolic OH excluding ortho intramolecular Hbond substituents is 1. The van der Waals surface area contributed by atoms with Gasteiger partial charge in [0.15, 0.2) is 15.8 Å². The Morgan fingerprint density at radius 3 is 2.80 bits per heavy atom. The van der Waals surface area contributed by atoms with Gasteiger partial charge in [0.25, 0.3) is 5.91 Å². The fourth-order valence-electron chi connectivity index (χ4n) is 2.35. The molecule has 0 saturated carbocycles. The van der Waals surface area contributed by atoms with Crippen LogP contribution in [0.2, 0.25) is 0 Å². The van der Waals surface area contributed by atoms with Crippen LogP contribution in [0.1, 0.15) is 12.5 Å². The number of thioether (sulfide) groups is 1. The van der Waals surface area contributed by atoms with Gasteiger partial charge in [0.05, 0.1) is 17.2 Å². The first-order valence-electron chi connectivity index (χ1n) is 7.49. The molecule has 7 heteroatoms. The highest BCUT2D eigenvalue weighted by atomic mass is 79.9. The number of nitrogens with zero attached hydrogens (tertiary/aromatic N) is 1.